The molecule has 1 unspecified atom stereocenters. The number of hydrogen-bond acceptors (Lipinski definition) is 6. The van der Waals surface area contributed by atoms with Crippen molar-refractivity contribution in [3.05, 3.63) is 45.8 Å². The molecule has 0 saturated carbocycles. The molecule has 1 saturated heterocycles. The van der Waals surface area contributed by atoms with Crippen molar-refractivity contribution in [2.75, 3.05) is 32.1 Å². The minimum Gasteiger partial charge on any atom is -0.495 e. The van der Waals surface area contributed by atoms with Crippen LogP contribution < -0.4 is 10.1 Å². The van der Waals surface area contributed by atoms with Crippen LogP contribution in [0.1, 0.15) is 65.4 Å². The molecule has 1 aromatic heterocycles. The molecule has 2 aromatic rings. The highest BCUT2D eigenvalue weighted by atomic mass is 32.2. The maximum atomic E-state index is 13.2. The monoisotopic (exact) mass is 516 g/mol. The number of esters is 1. The van der Waals surface area contributed by atoms with Crippen LogP contribution in [-0.4, -0.2) is 47.2 Å². The van der Waals surface area contributed by atoms with E-state index in [-0.39, 0.29) is 18.5 Å². The van der Waals surface area contributed by atoms with E-state index in [4.69, 9.17) is 9.47 Å². The van der Waals surface area contributed by atoms with Crippen molar-refractivity contribution >= 4 is 45.3 Å². The molecular formula is C26H32N2O5S2. The summed E-state index contributed by atoms with van der Waals surface area (Å²) in [6, 6.07) is 5.41. The molecule has 1 amide bonds. The molecule has 35 heavy (non-hydrogen) atoms. The van der Waals surface area contributed by atoms with Crippen LogP contribution in [0.5, 0.6) is 5.75 Å². The number of rotatable bonds is 8. The number of hydrogen-bond donors (Lipinski definition) is 1. The SMILES string of the molecule is CCOC(=O)c1c(NC(=O)/C=C/c2ccc(OC)c(S(=O)N3CCCCC3)c2)sc2c1CCCC2. The van der Waals surface area contributed by atoms with Crippen LogP contribution in [0.2, 0.25) is 0 Å². The summed E-state index contributed by atoms with van der Waals surface area (Å²) >= 11 is 1.46. The van der Waals surface area contributed by atoms with Crippen LogP contribution in [0.15, 0.2) is 29.2 Å². The van der Waals surface area contributed by atoms with Crippen molar-refractivity contribution in [3.63, 3.8) is 0 Å². The van der Waals surface area contributed by atoms with E-state index in [1.54, 1.807) is 32.2 Å². The number of thiophene rings is 1. The number of amides is 1. The number of carbonyl (C=O) groups is 2. The highest BCUT2D eigenvalue weighted by Gasteiger charge is 2.27. The summed E-state index contributed by atoms with van der Waals surface area (Å²) in [5.74, 6) is -0.145. The number of piperidine rings is 1. The van der Waals surface area contributed by atoms with Gasteiger partial charge in [-0.15, -0.1) is 11.3 Å². The fourth-order valence-corrected chi connectivity index (χ4v) is 7.21. The lowest BCUT2D eigenvalue weighted by atomic mass is 9.95. The molecule has 0 radical (unpaired) electrons. The van der Waals surface area contributed by atoms with Gasteiger partial charge in [-0.05, 0) is 74.8 Å². The normalized spacial score (nSPS) is 17.1. The lowest BCUT2D eigenvalue weighted by Crippen LogP contribution is -2.31. The van der Waals surface area contributed by atoms with Gasteiger partial charge in [-0.25, -0.2) is 13.3 Å². The fraction of sp³-hybridized carbons (Fsp3) is 0.462. The van der Waals surface area contributed by atoms with Crippen molar-refractivity contribution in [1.29, 1.82) is 0 Å². The van der Waals surface area contributed by atoms with E-state index in [9.17, 15) is 13.8 Å². The Kier molecular flexibility index (Phi) is 8.75. The van der Waals surface area contributed by atoms with Gasteiger partial charge in [-0.2, -0.15) is 0 Å². The summed E-state index contributed by atoms with van der Waals surface area (Å²) in [6.45, 7) is 3.66. The summed E-state index contributed by atoms with van der Waals surface area (Å²) in [6.07, 6.45) is 10.2. The van der Waals surface area contributed by atoms with Crippen molar-refractivity contribution in [1.82, 2.24) is 4.31 Å². The number of benzene rings is 1. The van der Waals surface area contributed by atoms with Gasteiger partial charge in [0, 0.05) is 24.0 Å². The van der Waals surface area contributed by atoms with Crippen LogP contribution in [0.4, 0.5) is 5.00 Å². The number of anilines is 1. The lowest BCUT2D eigenvalue weighted by Gasteiger charge is -2.25. The minimum atomic E-state index is -1.32. The molecule has 2 heterocycles. The van der Waals surface area contributed by atoms with Gasteiger partial charge in [-0.3, -0.25) is 4.79 Å². The van der Waals surface area contributed by atoms with Gasteiger partial charge in [-0.1, -0.05) is 12.5 Å². The highest BCUT2D eigenvalue weighted by molar-refractivity contribution is 7.82. The Bertz CT molecular complexity index is 1140. The van der Waals surface area contributed by atoms with E-state index in [0.29, 0.717) is 21.2 Å². The van der Waals surface area contributed by atoms with Gasteiger partial charge < -0.3 is 14.8 Å². The molecule has 0 spiro atoms. The van der Waals surface area contributed by atoms with E-state index >= 15 is 0 Å². The Morgan fingerprint density at radius 3 is 2.66 bits per heavy atom. The molecule has 1 aliphatic carbocycles. The fourth-order valence-electron chi connectivity index (χ4n) is 4.50. The summed E-state index contributed by atoms with van der Waals surface area (Å²) in [5.41, 5.74) is 2.26. The largest absolute Gasteiger partial charge is 0.495 e. The number of fused-ring (bicyclic) bond motifs is 1. The maximum absolute atomic E-state index is 13.2. The van der Waals surface area contributed by atoms with Crippen molar-refractivity contribution in [3.8, 4) is 5.75 Å². The first kappa shape index (κ1) is 25.6. The zero-order valence-corrected chi connectivity index (χ0v) is 21.9. The van der Waals surface area contributed by atoms with E-state index in [2.05, 4.69) is 5.32 Å². The quantitative estimate of drug-likeness (QED) is 0.395. The van der Waals surface area contributed by atoms with Gasteiger partial charge >= 0.3 is 5.97 Å². The van der Waals surface area contributed by atoms with Gasteiger partial charge in [0.2, 0.25) is 5.91 Å². The van der Waals surface area contributed by atoms with Crippen LogP contribution in [0.25, 0.3) is 6.08 Å². The van der Waals surface area contributed by atoms with E-state index in [1.165, 1.54) is 17.4 Å². The number of nitrogens with zero attached hydrogens (tertiary/aromatic N) is 1. The number of carbonyl (C=O) groups excluding carboxylic acids is 2. The van der Waals surface area contributed by atoms with Crippen molar-refractivity contribution in [2.24, 2.45) is 0 Å². The molecule has 2 aliphatic rings. The molecule has 1 fully saturated rings. The summed E-state index contributed by atoms with van der Waals surface area (Å²) in [4.78, 5) is 27.2. The number of methoxy groups -OCH3 is 1. The molecule has 1 aliphatic heterocycles. The predicted octanol–water partition coefficient (Wildman–Crippen LogP) is 4.97. The second-order valence-electron chi connectivity index (χ2n) is 8.61. The van der Waals surface area contributed by atoms with Crippen LogP contribution in [0, 0.1) is 0 Å². The van der Waals surface area contributed by atoms with Crippen molar-refractivity contribution < 1.29 is 23.3 Å². The molecule has 1 atom stereocenters. The van der Waals surface area contributed by atoms with Gasteiger partial charge in [0.1, 0.15) is 21.7 Å². The zero-order valence-electron chi connectivity index (χ0n) is 20.3. The van der Waals surface area contributed by atoms with Gasteiger partial charge in [0.15, 0.2) is 0 Å². The Morgan fingerprint density at radius 2 is 1.91 bits per heavy atom. The summed E-state index contributed by atoms with van der Waals surface area (Å²) < 4.78 is 25.9. The average Bonchev–Trinajstić information content (AvgIpc) is 3.25. The first-order valence-corrected chi connectivity index (χ1v) is 14.1. The molecule has 1 N–H and O–H groups in total. The Balaban J connectivity index is 1.52. The zero-order chi connectivity index (χ0) is 24.8. The molecule has 0 bridgehead atoms. The van der Waals surface area contributed by atoms with Crippen LogP contribution in [0.3, 0.4) is 0 Å². The van der Waals surface area contributed by atoms with Crippen LogP contribution in [-0.2, 0) is 33.4 Å². The van der Waals surface area contributed by atoms with Gasteiger partial charge in [0.25, 0.3) is 0 Å². The number of nitrogens with one attached hydrogen (secondary N) is 1. The topological polar surface area (TPSA) is 84.9 Å². The first-order valence-electron chi connectivity index (χ1n) is 12.2. The third kappa shape index (κ3) is 6.02. The minimum absolute atomic E-state index is 0.287. The smallest absolute Gasteiger partial charge is 0.341 e. The summed E-state index contributed by atoms with van der Waals surface area (Å²) in [7, 11) is 0.247. The average molecular weight is 517 g/mol. The van der Waals surface area contributed by atoms with Crippen molar-refractivity contribution in [2.45, 2.75) is 56.8 Å². The first-order chi connectivity index (χ1) is 17.0. The molecule has 188 valence electrons. The van der Waals surface area contributed by atoms with E-state index < -0.39 is 11.0 Å². The Morgan fingerprint density at radius 1 is 1.14 bits per heavy atom. The predicted molar refractivity (Wildman–Crippen MR) is 139 cm³/mol. The standard InChI is InChI=1S/C26H32N2O5S2/c1-3-33-26(30)24-19-9-5-6-10-21(19)34-25(24)27-23(29)14-12-18-11-13-20(32-2)22(17-18)35(31)28-15-7-4-8-16-28/h11-14,17H,3-10,15-16H2,1-2H3,(H,27,29)/b14-12+. The second kappa shape index (κ2) is 12.0. The van der Waals surface area contributed by atoms with E-state index in [0.717, 1.165) is 74.0 Å². The third-order valence-electron chi connectivity index (χ3n) is 6.24. The summed E-state index contributed by atoms with van der Waals surface area (Å²) in [5, 5.41) is 3.44. The number of aryl methyl sites for hydroxylation is 1. The van der Waals surface area contributed by atoms with E-state index in [1.807, 2.05) is 10.4 Å². The molecule has 1 aromatic carbocycles. The second-order valence-corrected chi connectivity index (χ2v) is 11.2. The molecular weight excluding hydrogens is 484 g/mol. The number of ether oxygens (including phenoxy) is 2. The Hall–Kier alpha value is -2.49. The highest BCUT2D eigenvalue weighted by Crippen LogP contribution is 2.38. The lowest BCUT2D eigenvalue weighted by molar-refractivity contribution is -0.111. The molecule has 4 rings (SSSR count). The van der Waals surface area contributed by atoms with Crippen LogP contribution >= 0.6 is 11.3 Å². The molecule has 7 nitrogen and oxygen atoms in total. The molecule has 9 heteroatoms. The van der Waals surface area contributed by atoms with Gasteiger partial charge in [0.05, 0.1) is 24.2 Å². The third-order valence-corrected chi connectivity index (χ3v) is 8.98. The maximum Gasteiger partial charge on any atom is 0.341 e. The Labute approximate surface area is 213 Å².